The molecule has 1 aliphatic heterocycles. The van der Waals surface area contributed by atoms with E-state index >= 15 is 0 Å². The van der Waals surface area contributed by atoms with Crippen LogP contribution in [0.15, 0.2) is 41.1 Å². The second-order valence-electron chi connectivity index (χ2n) is 7.01. The van der Waals surface area contributed by atoms with E-state index < -0.39 is 5.41 Å². The van der Waals surface area contributed by atoms with Crippen LogP contribution in [0.2, 0.25) is 0 Å². The molecule has 2 amide bonds. The van der Waals surface area contributed by atoms with E-state index in [1.165, 1.54) is 6.20 Å². The van der Waals surface area contributed by atoms with E-state index in [-0.39, 0.29) is 11.8 Å². The highest BCUT2D eigenvalue weighted by Crippen LogP contribution is 2.36. The molecule has 0 unspecified atom stereocenters. The number of carbonyl (C=O) groups excluding carboxylic acids is 2. The molecule has 2 heterocycles. The molecule has 0 aliphatic carbocycles. The lowest BCUT2D eigenvalue weighted by Gasteiger charge is -2.43. The van der Waals surface area contributed by atoms with Crippen LogP contribution in [0.1, 0.15) is 41.3 Å². The minimum Gasteiger partial charge on any atom is -0.355 e. The van der Waals surface area contributed by atoms with Crippen molar-refractivity contribution in [1.29, 1.82) is 0 Å². The smallest absolute Gasteiger partial charge is 0.253 e. The molecule has 2 aromatic rings. The third kappa shape index (κ3) is 3.61. The minimum atomic E-state index is -0.659. The Morgan fingerprint density at radius 2 is 1.96 bits per heavy atom. The van der Waals surface area contributed by atoms with E-state index in [0.29, 0.717) is 34.9 Å². The molecule has 0 bridgehead atoms. The number of carbonyl (C=O) groups is 2. The minimum absolute atomic E-state index is 0.136. The number of nitrogens with zero attached hydrogens (tertiary/aromatic N) is 1. The number of aromatic nitrogens is 1. The lowest BCUT2D eigenvalue weighted by atomic mass is 9.71. The maximum Gasteiger partial charge on any atom is 0.253 e. The fourth-order valence-corrected chi connectivity index (χ4v) is 3.71. The predicted octanol–water partition coefficient (Wildman–Crippen LogP) is 2.81. The lowest BCUT2D eigenvalue weighted by Crippen LogP contribution is -2.63. The molecule has 142 valence electrons. The van der Waals surface area contributed by atoms with Crippen LogP contribution in [0.3, 0.4) is 0 Å². The molecule has 0 atom stereocenters. The summed E-state index contributed by atoms with van der Waals surface area (Å²) < 4.78 is 0.532. The first kappa shape index (κ1) is 19.5. The Labute approximate surface area is 167 Å². The molecule has 7 heteroatoms. The SMILES string of the molecule is CNC(=O)c1cc(Br)ncc1NC(=O)C1(c2ccccc2C(C)C)CNC1. The molecule has 0 radical (unpaired) electrons. The zero-order valence-corrected chi connectivity index (χ0v) is 17.2. The molecule has 1 aromatic carbocycles. The van der Waals surface area contributed by atoms with E-state index in [4.69, 9.17) is 0 Å². The zero-order valence-electron chi connectivity index (χ0n) is 15.6. The molecule has 3 N–H and O–H groups in total. The fourth-order valence-electron chi connectivity index (χ4n) is 3.38. The van der Waals surface area contributed by atoms with Gasteiger partial charge in [-0.3, -0.25) is 9.59 Å². The van der Waals surface area contributed by atoms with E-state index in [1.54, 1.807) is 13.1 Å². The van der Waals surface area contributed by atoms with Gasteiger partial charge in [0.15, 0.2) is 0 Å². The number of anilines is 1. The van der Waals surface area contributed by atoms with Crippen LogP contribution in [-0.4, -0.2) is 36.9 Å². The number of hydrogen-bond acceptors (Lipinski definition) is 4. The summed E-state index contributed by atoms with van der Waals surface area (Å²) in [6, 6.07) is 9.66. The molecular formula is C20H23BrN4O2. The third-order valence-electron chi connectivity index (χ3n) is 4.98. The standard InChI is InChI=1S/C20H23BrN4O2/c1-12(2)13-6-4-5-7-15(13)20(10-23-11-20)19(27)25-16-9-24-17(21)8-14(16)18(26)22-3/h4-9,12,23H,10-11H2,1-3H3,(H,22,26)(H,25,27). The summed E-state index contributed by atoms with van der Waals surface area (Å²) in [5, 5.41) is 8.76. The molecule has 0 saturated carbocycles. The van der Waals surface area contributed by atoms with Gasteiger partial charge in [0.05, 0.1) is 22.9 Å². The van der Waals surface area contributed by atoms with Gasteiger partial charge in [-0.25, -0.2) is 4.98 Å². The summed E-state index contributed by atoms with van der Waals surface area (Å²) in [5.74, 6) is -0.109. The number of benzene rings is 1. The molecule has 3 rings (SSSR count). The Bertz CT molecular complexity index is 878. The molecule has 27 heavy (non-hydrogen) atoms. The molecule has 1 aromatic heterocycles. The molecular weight excluding hydrogens is 408 g/mol. The van der Waals surface area contributed by atoms with Gasteiger partial charge < -0.3 is 16.0 Å². The van der Waals surface area contributed by atoms with Crippen LogP contribution < -0.4 is 16.0 Å². The normalized spacial score (nSPS) is 15.1. The summed E-state index contributed by atoms with van der Waals surface area (Å²) >= 11 is 3.27. The van der Waals surface area contributed by atoms with Gasteiger partial charge in [0, 0.05) is 20.1 Å². The Hall–Kier alpha value is -2.25. The summed E-state index contributed by atoms with van der Waals surface area (Å²) in [5.41, 5.74) is 2.30. The Morgan fingerprint density at radius 3 is 2.56 bits per heavy atom. The van der Waals surface area contributed by atoms with Crippen LogP contribution in [0.4, 0.5) is 5.69 Å². The highest BCUT2D eigenvalue weighted by Gasteiger charge is 2.47. The van der Waals surface area contributed by atoms with Crippen molar-refractivity contribution in [3.63, 3.8) is 0 Å². The molecule has 6 nitrogen and oxygen atoms in total. The monoisotopic (exact) mass is 430 g/mol. The predicted molar refractivity (Wildman–Crippen MR) is 109 cm³/mol. The van der Waals surface area contributed by atoms with Gasteiger partial charge in [-0.2, -0.15) is 0 Å². The van der Waals surface area contributed by atoms with E-state index in [2.05, 4.69) is 56.8 Å². The van der Waals surface area contributed by atoms with Crippen LogP contribution >= 0.6 is 15.9 Å². The van der Waals surface area contributed by atoms with Crippen molar-refractivity contribution in [2.75, 3.05) is 25.5 Å². The van der Waals surface area contributed by atoms with Crippen molar-refractivity contribution in [3.05, 3.63) is 57.8 Å². The second kappa shape index (κ2) is 7.78. The van der Waals surface area contributed by atoms with Crippen molar-refractivity contribution in [1.82, 2.24) is 15.6 Å². The molecule has 1 aliphatic rings. The van der Waals surface area contributed by atoms with Gasteiger partial charge in [0.25, 0.3) is 5.91 Å². The van der Waals surface area contributed by atoms with E-state index in [9.17, 15) is 9.59 Å². The average Bonchev–Trinajstić information content (AvgIpc) is 2.62. The second-order valence-corrected chi connectivity index (χ2v) is 7.83. The fraction of sp³-hybridized carbons (Fsp3) is 0.350. The summed E-state index contributed by atoms with van der Waals surface area (Å²) in [6.07, 6.45) is 1.50. The first-order chi connectivity index (χ1) is 12.9. The van der Waals surface area contributed by atoms with Gasteiger partial charge in [0.1, 0.15) is 4.60 Å². The van der Waals surface area contributed by atoms with Gasteiger partial charge in [0.2, 0.25) is 5.91 Å². The largest absolute Gasteiger partial charge is 0.355 e. The summed E-state index contributed by atoms with van der Waals surface area (Å²) in [6.45, 7) is 5.36. The van der Waals surface area contributed by atoms with Crippen molar-refractivity contribution < 1.29 is 9.59 Å². The van der Waals surface area contributed by atoms with Gasteiger partial charge >= 0.3 is 0 Å². The maximum absolute atomic E-state index is 13.3. The maximum atomic E-state index is 13.3. The average molecular weight is 431 g/mol. The lowest BCUT2D eigenvalue weighted by molar-refractivity contribution is -0.123. The van der Waals surface area contributed by atoms with Gasteiger partial charge in [-0.1, -0.05) is 38.1 Å². The molecule has 0 spiro atoms. The topological polar surface area (TPSA) is 83.1 Å². The summed E-state index contributed by atoms with van der Waals surface area (Å²) in [7, 11) is 1.55. The first-order valence-corrected chi connectivity index (χ1v) is 9.67. The zero-order chi connectivity index (χ0) is 19.6. The number of amides is 2. The Balaban J connectivity index is 1.98. The number of rotatable bonds is 5. The van der Waals surface area contributed by atoms with Crippen LogP contribution in [0.25, 0.3) is 0 Å². The highest BCUT2D eigenvalue weighted by atomic mass is 79.9. The van der Waals surface area contributed by atoms with Crippen molar-refractivity contribution in [2.45, 2.75) is 25.2 Å². The van der Waals surface area contributed by atoms with Crippen LogP contribution in [0, 0.1) is 0 Å². The molecule has 1 fully saturated rings. The first-order valence-electron chi connectivity index (χ1n) is 8.88. The van der Waals surface area contributed by atoms with Crippen molar-refractivity contribution >= 4 is 33.4 Å². The third-order valence-corrected chi connectivity index (χ3v) is 5.41. The molecule has 1 saturated heterocycles. The number of hydrogen-bond donors (Lipinski definition) is 3. The summed E-state index contributed by atoms with van der Waals surface area (Å²) in [4.78, 5) is 29.7. The van der Waals surface area contributed by atoms with E-state index in [0.717, 1.165) is 11.1 Å². The van der Waals surface area contributed by atoms with Crippen molar-refractivity contribution in [3.8, 4) is 0 Å². The van der Waals surface area contributed by atoms with Crippen LogP contribution in [0.5, 0.6) is 0 Å². The quantitative estimate of drug-likeness (QED) is 0.636. The number of nitrogens with one attached hydrogen (secondary N) is 3. The van der Waals surface area contributed by atoms with E-state index in [1.807, 2.05) is 18.2 Å². The number of halogens is 1. The highest BCUT2D eigenvalue weighted by molar-refractivity contribution is 9.10. The van der Waals surface area contributed by atoms with Crippen molar-refractivity contribution in [2.24, 2.45) is 0 Å². The number of pyridine rings is 1. The van der Waals surface area contributed by atoms with Gasteiger partial charge in [-0.05, 0) is 39.0 Å². The van der Waals surface area contributed by atoms with Gasteiger partial charge in [-0.15, -0.1) is 0 Å². The Kier molecular flexibility index (Phi) is 5.62. The Morgan fingerprint density at radius 1 is 1.26 bits per heavy atom. The van der Waals surface area contributed by atoms with Crippen LogP contribution in [-0.2, 0) is 10.2 Å².